The van der Waals surface area contributed by atoms with Crippen molar-refractivity contribution in [3.63, 3.8) is 0 Å². The minimum Gasteiger partial charge on any atom is -0.352 e. The van der Waals surface area contributed by atoms with E-state index in [4.69, 9.17) is 0 Å². The average Bonchev–Trinajstić information content (AvgIpc) is 2.54. The molecule has 0 heterocycles. The van der Waals surface area contributed by atoms with Crippen LogP contribution in [0.3, 0.4) is 0 Å². The van der Waals surface area contributed by atoms with Crippen LogP contribution in [0.2, 0.25) is 0 Å². The predicted molar refractivity (Wildman–Crippen MR) is 87.8 cm³/mol. The van der Waals surface area contributed by atoms with Gasteiger partial charge in [-0.15, -0.1) is 0 Å². The normalized spacial score (nSPS) is 10.4. The second-order valence-electron chi connectivity index (χ2n) is 5.49. The molecule has 2 rings (SSSR count). The molecule has 0 fully saturated rings. The Morgan fingerprint density at radius 1 is 1.04 bits per heavy atom. The maximum Gasteiger partial charge on any atom is 0.251 e. The van der Waals surface area contributed by atoms with Gasteiger partial charge in [-0.25, -0.2) is 13.2 Å². The number of rotatable bonds is 5. The van der Waals surface area contributed by atoms with Crippen molar-refractivity contribution in [3.05, 3.63) is 64.5 Å². The summed E-state index contributed by atoms with van der Waals surface area (Å²) in [5, 5.41) is 5.27. The van der Waals surface area contributed by atoms with E-state index < -0.39 is 23.4 Å². The maximum absolute atomic E-state index is 13.2. The number of amides is 2. The van der Waals surface area contributed by atoms with Gasteiger partial charge in [-0.2, -0.15) is 0 Å². The van der Waals surface area contributed by atoms with Gasteiger partial charge in [0.25, 0.3) is 5.91 Å². The van der Waals surface area contributed by atoms with Crippen LogP contribution in [0.4, 0.5) is 18.9 Å². The van der Waals surface area contributed by atoms with Gasteiger partial charge in [-0.05, 0) is 55.3 Å². The Hall–Kier alpha value is -2.83. The molecule has 0 aliphatic heterocycles. The highest BCUT2D eigenvalue weighted by atomic mass is 19.2. The van der Waals surface area contributed by atoms with Crippen molar-refractivity contribution in [3.8, 4) is 0 Å². The van der Waals surface area contributed by atoms with Crippen molar-refractivity contribution in [2.75, 3.05) is 11.9 Å². The first-order valence-corrected chi connectivity index (χ1v) is 7.64. The van der Waals surface area contributed by atoms with Gasteiger partial charge in [0.15, 0.2) is 17.5 Å². The summed E-state index contributed by atoms with van der Waals surface area (Å²) in [6, 6.07) is 6.32. The van der Waals surface area contributed by atoms with E-state index in [0.29, 0.717) is 23.4 Å². The van der Waals surface area contributed by atoms with Gasteiger partial charge in [0.05, 0.1) is 6.42 Å². The first kappa shape index (κ1) is 18.5. The molecule has 2 amide bonds. The third-order valence-electron chi connectivity index (χ3n) is 3.51. The molecule has 2 aromatic carbocycles. The SMILES string of the molecule is CCNC(=O)c1ccc(NC(=O)Cc2cc(F)c(F)c(F)c2)c(C)c1. The molecule has 2 N–H and O–H groups in total. The summed E-state index contributed by atoms with van der Waals surface area (Å²) in [7, 11) is 0. The number of nitrogens with one attached hydrogen (secondary N) is 2. The molecular weight excluding hydrogens is 333 g/mol. The highest BCUT2D eigenvalue weighted by Gasteiger charge is 2.14. The topological polar surface area (TPSA) is 58.2 Å². The Balaban J connectivity index is 2.09. The fourth-order valence-electron chi connectivity index (χ4n) is 2.30. The van der Waals surface area contributed by atoms with Gasteiger partial charge in [0, 0.05) is 17.8 Å². The largest absolute Gasteiger partial charge is 0.352 e. The molecule has 0 spiro atoms. The Morgan fingerprint density at radius 2 is 1.68 bits per heavy atom. The second-order valence-corrected chi connectivity index (χ2v) is 5.49. The van der Waals surface area contributed by atoms with Gasteiger partial charge in [0.2, 0.25) is 5.91 Å². The van der Waals surface area contributed by atoms with E-state index in [1.54, 1.807) is 32.0 Å². The number of anilines is 1. The molecule has 0 saturated carbocycles. The minimum atomic E-state index is -1.57. The summed E-state index contributed by atoms with van der Waals surface area (Å²) in [5.74, 6) is -4.99. The summed E-state index contributed by atoms with van der Waals surface area (Å²) >= 11 is 0. The van der Waals surface area contributed by atoms with Gasteiger partial charge >= 0.3 is 0 Å². The molecule has 0 unspecified atom stereocenters. The molecule has 0 atom stereocenters. The Kier molecular flexibility index (Phi) is 5.80. The summed E-state index contributed by atoms with van der Waals surface area (Å²) in [5.41, 5.74) is 1.61. The quantitative estimate of drug-likeness (QED) is 0.813. The lowest BCUT2D eigenvalue weighted by Crippen LogP contribution is -2.23. The zero-order valence-electron chi connectivity index (χ0n) is 13.8. The third-order valence-corrected chi connectivity index (χ3v) is 3.51. The van der Waals surface area contributed by atoms with E-state index in [-0.39, 0.29) is 17.9 Å². The average molecular weight is 350 g/mol. The van der Waals surface area contributed by atoms with Crippen LogP contribution in [0, 0.1) is 24.4 Å². The van der Waals surface area contributed by atoms with E-state index >= 15 is 0 Å². The summed E-state index contributed by atoms with van der Waals surface area (Å²) in [4.78, 5) is 23.8. The summed E-state index contributed by atoms with van der Waals surface area (Å²) in [6.07, 6.45) is -0.314. The number of carbonyl (C=O) groups excluding carboxylic acids is 2. The van der Waals surface area contributed by atoms with Crippen LogP contribution in [0.15, 0.2) is 30.3 Å². The van der Waals surface area contributed by atoms with Crippen molar-refractivity contribution in [2.24, 2.45) is 0 Å². The predicted octanol–water partition coefficient (Wildman–Crippen LogP) is 3.34. The number of hydrogen-bond donors (Lipinski definition) is 2. The molecule has 0 saturated heterocycles. The van der Waals surface area contributed by atoms with Gasteiger partial charge in [-0.3, -0.25) is 9.59 Å². The smallest absolute Gasteiger partial charge is 0.251 e. The van der Waals surface area contributed by atoms with Crippen molar-refractivity contribution < 1.29 is 22.8 Å². The van der Waals surface area contributed by atoms with Crippen molar-refractivity contribution in [1.29, 1.82) is 0 Å². The van der Waals surface area contributed by atoms with E-state index in [9.17, 15) is 22.8 Å². The first-order chi connectivity index (χ1) is 11.8. The Morgan fingerprint density at radius 3 is 2.24 bits per heavy atom. The van der Waals surface area contributed by atoms with Gasteiger partial charge in [0.1, 0.15) is 0 Å². The van der Waals surface area contributed by atoms with E-state index in [1.165, 1.54) is 0 Å². The Bertz CT molecular complexity index is 799. The van der Waals surface area contributed by atoms with Crippen LogP contribution >= 0.6 is 0 Å². The fraction of sp³-hybridized carbons (Fsp3) is 0.222. The molecule has 7 heteroatoms. The lowest BCUT2D eigenvalue weighted by atomic mass is 10.1. The number of aryl methyl sites for hydroxylation is 1. The van der Waals surface area contributed by atoms with Gasteiger partial charge in [-0.1, -0.05) is 0 Å². The van der Waals surface area contributed by atoms with Crippen LogP contribution in [-0.2, 0) is 11.2 Å². The number of benzene rings is 2. The molecular formula is C18H17F3N2O2. The van der Waals surface area contributed by atoms with Crippen LogP contribution in [-0.4, -0.2) is 18.4 Å². The second kappa shape index (κ2) is 7.83. The molecule has 0 bridgehead atoms. The molecule has 0 aliphatic carbocycles. The fourth-order valence-corrected chi connectivity index (χ4v) is 2.30. The van der Waals surface area contributed by atoms with Crippen LogP contribution in [0.25, 0.3) is 0 Å². The molecule has 2 aromatic rings. The maximum atomic E-state index is 13.2. The highest BCUT2D eigenvalue weighted by molar-refractivity contribution is 5.97. The lowest BCUT2D eigenvalue weighted by molar-refractivity contribution is -0.115. The van der Waals surface area contributed by atoms with E-state index in [2.05, 4.69) is 10.6 Å². The Labute approximate surface area is 143 Å². The molecule has 132 valence electrons. The molecule has 4 nitrogen and oxygen atoms in total. The monoisotopic (exact) mass is 350 g/mol. The third kappa shape index (κ3) is 4.59. The molecule has 0 radical (unpaired) electrons. The van der Waals surface area contributed by atoms with E-state index in [0.717, 1.165) is 12.1 Å². The summed E-state index contributed by atoms with van der Waals surface area (Å²) < 4.78 is 39.3. The summed E-state index contributed by atoms with van der Waals surface area (Å²) in [6.45, 7) is 4.02. The van der Waals surface area contributed by atoms with E-state index in [1.807, 2.05) is 0 Å². The first-order valence-electron chi connectivity index (χ1n) is 7.64. The molecule has 0 aliphatic rings. The lowest BCUT2D eigenvalue weighted by Gasteiger charge is -2.11. The van der Waals surface area contributed by atoms with Crippen molar-refractivity contribution in [1.82, 2.24) is 5.32 Å². The van der Waals surface area contributed by atoms with Gasteiger partial charge < -0.3 is 10.6 Å². The van der Waals surface area contributed by atoms with Crippen LogP contribution in [0.5, 0.6) is 0 Å². The van der Waals surface area contributed by atoms with Crippen molar-refractivity contribution in [2.45, 2.75) is 20.3 Å². The number of hydrogen-bond acceptors (Lipinski definition) is 2. The minimum absolute atomic E-state index is 0.0190. The zero-order chi connectivity index (χ0) is 18.6. The van der Waals surface area contributed by atoms with Crippen molar-refractivity contribution >= 4 is 17.5 Å². The zero-order valence-corrected chi connectivity index (χ0v) is 13.8. The molecule has 0 aromatic heterocycles. The van der Waals surface area contributed by atoms with Crippen LogP contribution < -0.4 is 10.6 Å². The highest BCUT2D eigenvalue weighted by Crippen LogP contribution is 2.18. The molecule has 25 heavy (non-hydrogen) atoms. The standard InChI is InChI=1S/C18H17F3N2O2/c1-3-22-18(25)12-4-5-15(10(2)6-12)23-16(24)9-11-7-13(19)17(21)14(20)8-11/h4-8H,3,9H2,1-2H3,(H,22,25)(H,23,24). The number of halogens is 3. The van der Waals surface area contributed by atoms with Crippen LogP contribution in [0.1, 0.15) is 28.4 Å². The number of carbonyl (C=O) groups is 2.